The van der Waals surface area contributed by atoms with Gasteiger partial charge >= 0.3 is 0 Å². The number of carbonyl (C=O) groups is 2. The molecule has 2 aromatic rings. The number of nitrogens with one attached hydrogen (secondary N) is 1. The lowest BCUT2D eigenvalue weighted by atomic mass is 10.0. The molecule has 1 atom stereocenters. The molecule has 1 fully saturated rings. The van der Waals surface area contributed by atoms with Crippen molar-refractivity contribution in [1.82, 2.24) is 15.2 Å². The number of halogens is 1. The van der Waals surface area contributed by atoms with Crippen molar-refractivity contribution in [2.24, 2.45) is 5.92 Å². The second-order valence-electron chi connectivity index (χ2n) is 6.07. The molecule has 0 saturated carbocycles. The quantitative estimate of drug-likeness (QED) is 0.929. The zero-order valence-corrected chi connectivity index (χ0v) is 14.0. The standard InChI is InChI=1S/C19H20FN3O2/c1-2-22-18(24)15-7-9-23(12-15)19(25)14-5-3-4-13(10-14)16-6-8-21-11-17(16)20/h3-6,8,10-11,15H,2,7,9,12H2,1H3,(H,22,24)/t15-/m1/s1. The third kappa shape index (κ3) is 3.68. The van der Waals surface area contributed by atoms with E-state index in [0.29, 0.717) is 42.7 Å². The number of pyridine rings is 1. The van der Waals surface area contributed by atoms with Gasteiger partial charge in [-0.05, 0) is 37.1 Å². The molecular formula is C19H20FN3O2. The van der Waals surface area contributed by atoms with E-state index >= 15 is 0 Å². The van der Waals surface area contributed by atoms with Gasteiger partial charge in [0.2, 0.25) is 5.91 Å². The van der Waals surface area contributed by atoms with Crippen molar-refractivity contribution in [3.8, 4) is 11.1 Å². The summed E-state index contributed by atoms with van der Waals surface area (Å²) >= 11 is 0. The van der Waals surface area contributed by atoms with Crippen LogP contribution in [0.25, 0.3) is 11.1 Å². The van der Waals surface area contributed by atoms with E-state index in [2.05, 4.69) is 10.3 Å². The van der Waals surface area contributed by atoms with Crippen molar-refractivity contribution >= 4 is 11.8 Å². The number of carbonyl (C=O) groups excluding carboxylic acids is 2. The topological polar surface area (TPSA) is 62.3 Å². The first-order valence-corrected chi connectivity index (χ1v) is 8.37. The van der Waals surface area contributed by atoms with Crippen molar-refractivity contribution in [3.63, 3.8) is 0 Å². The molecule has 2 amide bonds. The number of likely N-dealkylation sites (tertiary alicyclic amines) is 1. The average molecular weight is 341 g/mol. The summed E-state index contributed by atoms with van der Waals surface area (Å²) in [4.78, 5) is 30.1. The molecule has 5 nitrogen and oxygen atoms in total. The Hall–Kier alpha value is -2.76. The maximum atomic E-state index is 13.9. The van der Waals surface area contributed by atoms with Gasteiger partial charge in [0, 0.05) is 37.0 Å². The third-order valence-electron chi connectivity index (χ3n) is 4.39. The summed E-state index contributed by atoms with van der Waals surface area (Å²) in [6.45, 7) is 3.43. The van der Waals surface area contributed by atoms with E-state index in [-0.39, 0.29) is 17.7 Å². The van der Waals surface area contributed by atoms with Crippen LogP contribution >= 0.6 is 0 Å². The van der Waals surface area contributed by atoms with Crippen molar-refractivity contribution in [2.75, 3.05) is 19.6 Å². The van der Waals surface area contributed by atoms with Gasteiger partial charge < -0.3 is 10.2 Å². The zero-order chi connectivity index (χ0) is 17.8. The molecule has 3 rings (SSSR count). The summed E-state index contributed by atoms with van der Waals surface area (Å²) in [5.74, 6) is -0.734. The second-order valence-corrected chi connectivity index (χ2v) is 6.07. The Morgan fingerprint density at radius 1 is 1.36 bits per heavy atom. The number of nitrogens with zero attached hydrogens (tertiary/aromatic N) is 2. The van der Waals surface area contributed by atoms with Crippen LogP contribution in [0.4, 0.5) is 4.39 Å². The Morgan fingerprint density at radius 2 is 2.20 bits per heavy atom. The third-order valence-corrected chi connectivity index (χ3v) is 4.39. The maximum Gasteiger partial charge on any atom is 0.253 e. The lowest BCUT2D eigenvalue weighted by molar-refractivity contribution is -0.124. The highest BCUT2D eigenvalue weighted by Gasteiger charge is 2.31. The number of rotatable bonds is 4. The largest absolute Gasteiger partial charge is 0.356 e. The molecule has 0 aliphatic carbocycles. The Bertz CT molecular complexity index is 794. The Balaban J connectivity index is 1.77. The van der Waals surface area contributed by atoms with Crippen molar-refractivity contribution < 1.29 is 14.0 Å². The summed E-state index contributed by atoms with van der Waals surface area (Å²) in [6, 6.07) is 8.47. The normalized spacial score (nSPS) is 16.7. The Kier molecular flexibility index (Phi) is 5.07. The molecule has 0 spiro atoms. The van der Waals surface area contributed by atoms with E-state index in [1.165, 1.54) is 6.20 Å². The van der Waals surface area contributed by atoms with Crippen LogP contribution in [0.1, 0.15) is 23.7 Å². The highest BCUT2D eigenvalue weighted by molar-refractivity contribution is 5.96. The Morgan fingerprint density at radius 3 is 2.96 bits per heavy atom. The number of amides is 2. The fraction of sp³-hybridized carbons (Fsp3) is 0.316. The molecular weight excluding hydrogens is 321 g/mol. The summed E-state index contributed by atoms with van der Waals surface area (Å²) < 4.78 is 13.9. The number of hydrogen-bond donors (Lipinski definition) is 1. The van der Waals surface area contributed by atoms with E-state index in [1.807, 2.05) is 6.92 Å². The fourth-order valence-corrected chi connectivity index (χ4v) is 3.09. The van der Waals surface area contributed by atoms with Crippen LogP contribution in [-0.4, -0.2) is 41.3 Å². The summed E-state index contributed by atoms with van der Waals surface area (Å²) in [7, 11) is 0. The number of aromatic nitrogens is 1. The maximum absolute atomic E-state index is 13.9. The predicted molar refractivity (Wildman–Crippen MR) is 92.3 cm³/mol. The van der Waals surface area contributed by atoms with Gasteiger partial charge in [-0.3, -0.25) is 14.6 Å². The Labute approximate surface area is 145 Å². The lowest BCUT2D eigenvalue weighted by Crippen LogP contribution is -2.34. The molecule has 0 bridgehead atoms. The monoisotopic (exact) mass is 341 g/mol. The zero-order valence-electron chi connectivity index (χ0n) is 14.0. The van der Waals surface area contributed by atoms with E-state index < -0.39 is 5.82 Å². The minimum atomic E-state index is -0.426. The van der Waals surface area contributed by atoms with Crippen LogP contribution in [0, 0.1) is 11.7 Å². The first-order chi connectivity index (χ1) is 12.1. The minimum Gasteiger partial charge on any atom is -0.356 e. The van der Waals surface area contributed by atoms with Crippen LogP contribution < -0.4 is 5.32 Å². The van der Waals surface area contributed by atoms with Gasteiger partial charge in [0.25, 0.3) is 5.91 Å². The van der Waals surface area contributed by atoms with Gasteiger partial charge in [-0.15, -0.1) is 0 Å². The molecule has 1 aromatic heterocycles. The number of benzene rings is 1. The summed E-state index contributed by atoms with van der Waals surface area (Å²) in [5, 5.41) is 2.80. The second kappa shape index (κ2) is 7.42. The van der Waals surface area contributed by atoms with Crippen LogP contribution in [0.2, 0.25) is 0 Å². The van der Waals surface area contributed by atoms with Crippen LogP contribution in [0.15, 0.2) is 42.7 Å². The highest BCUT2D eigenvalue weighted by Crippen LogP contribution is 2.25. The van der Waals surface area contributed by atoms with Gasteiger partial charge in [0.1, 0.15) is 5.82 Å². The minimum absolute atomic E-state index is 0.00888. The summed E-state index contributed by atoms with van der Waals surface area (Å²) in [5.41, 5.74) is 1.53. The first-order valence-electron chi connectivity index (χ1n) is 8.37. The van der Waals surface area contributed by atoms with Crippen molar-refractivity contribution in [1.29, 1.82) is 0 Å². The smallest absolute Gasteiger partial charge is 0.253 e. The molecule has 0 unspecified atom stereocenters. The molecule has 0 radical (unpaired) electrons. The number of hydrogen-bond acceptors (Lipinski definition) is 3. The SMILES string of the molecule is CCNC(=O)[C@@H]1CCN(C(=O)c2cccc(-c3ccncc3F)c2)C1. The van der Waals surface area contributed by atoms with Crippen LogP contribution in [0.5, 0.6) is 0 Å². The molecule has 1 N–H and O–H groups in total. The van der Waals surface area contributed by atoms with Gasteiger partial charge in [-0.1, -0.05) is 12.1 Å². The van der Waals surface area contributed by atoms with E-state index in [9.17, 15) is 14.0 Å². The van der Waals surface area contributed by atoms with Crippen LogP contribution in [0.3, 0.4) is 0 Å². The molecule has 130 valence electrons. The van der Waals surface area contributed by atoms with Gasteiger partial charge in [0.15, 0.2) is 0 Å². The van der Waals surface area contributed by atoms with E-state index in [0.717, 1.165) is 6.20 Å². The molecule has 25 heavy (non-hydrogen) atoms. The van der Waals surface area contributed by atoms with Crippen molar-refractivity contribution in [3.05, 3.63) is 54.1 Å². The molecule has 1 aromatic carbocycles. The fourth-order valence-electron chi connectivity index (χ4n) is 3.09. The van der Waals surface area contributed by atoms with Gasteiger partial charge in [-0.25, -0.2) is 4.39 Å². The molecule has 1 aliphatic rings. The van der Waals surface area contributed by atoms with E-state index in [1.54, 1.807) is 35.2 Å². The van der Waals surface area contributed by atoms with Gasteiger partial charge in [-0.2, -0.15) is 0 Å². The summed E-state index contributed by atoms with van der Waals surface area (Å²) in [6.07, 6.45) is 3.34. The molecule has 6 heteroatoms. The lowest BCUT2D eigenvalue weighted by Gasteiger charge is -2.17. The van der Waals surface area contributed by atoms with Gasteiger partial charge in [0.05, 0.1) is 12.1 Å². The average Bonchev–Trinajstić information content (AvgIpc) is 3.12. The highest BCUT2D eigenvalue weighted by atomic mass is 19.1. The molecule has 1 saturated heterocycles. The first kappa shape index (κ1) is 17.1. The van der Waals surface area contributed by atoms with Crippen molar-refractivity contribution in [2.45, 2.75) is 13.3 Å². The molecule has 1 aliphatic heterocycles. The predicted octanol–water partition coefficient (Wildman–Crippen LogP) is 2.49. The van der Waals surface area contributed by atoms with Crippen LogP contribution in [-0.2, 0) is 4.79 Å². The molecule has 2 heterocycles. The van der Waals surface area contributed by atoms with E-state index in [4.69, 9.17) is 0 Å².